The number of hydrogen-bond acceptors (Lipinski definition) is 5. The first-order valence-electron chi connectivity index (χ1n) is 8.17. The number of sulfone groups is 1. The molecule has 2 aromatic rings. The summed E-state index contributed by atoms with van der Waals surface area (Å²) < 4.78 is 35.6. The summed E-state index contributed by atoms with van der Waals surface area (Å²) in [7, 11) is -3.81. The summed E-state index contributed by atoms with van der Waals surface area (Å²) >= 11 is 0. The fourth-order valence-corrected chi connectivity index (χ4v) is 3.42. The number of rotatable bonds is 5. The summed E-state index contributed by atoms with van der Waals surface area (Å²) in [6, 6.07) is 5.02. The molecular weight excluding hydrogens is 341 g/mol. The molecule has 0 atom stereocenters. The molecule has 0 amide bonds. The van der Waals surface area contributed by atoms with Gasteiger partial charge in [0.2, 0.25) is 15.8 Å². The van der Waals surface area contributed by atoms with Crippen LogP contribution in [-0.2, 0) is 16.3 Å². The highest BCUT2D eigenvalue weighted by Gasteiger charge is 2.17. The molecule has 25 heavy (non-hydrogen) atoms. The fourth-order valence-electron chi connectivity index (χ4n) is 2.75. The lowest BCUT2D eigenvalue weighted by molar-refractivity contribution is 0.534. The molecule has 7 heteroatoms. The Morgan fingerprint density at radius 2 is 1.84 bits per heavy atom. The van der Waals surface area contributed by atoms with Crippen LogP contribution in [0.25, 0.3) is 5.57 Å². The number of aromatic nitrogens is 2. The second-order valence-corrected chi connectivity index (χ2v) is 7.84. The summed E-state index contributed by atoms with van der Waals surface area (Å²) in [5, 5.41) is 0. The van der Waals surface area contributed by atoms with Crippen LogP contribution in [0.3, 0.4) is 0 Å². The molecule has 0 unspecified atom stereocenters. The second kappa shape index (κ2) is 7.31. The van der Waals surface area contributed by atoms with Crippen molar-refractivity contribution in [3.63, 3.8) is 0 Å². The van der Waals surface area contributed by atoms with Gasteiger partial charge in [-0.05, 0) is 41.7 Å². The van der Waals surface area contributed by atoms with E-state index < -0.39 is 15.8 Å². The predicted molar refractivity (Wildman–Crippen MR) is 95.8 cm³/mol. The van der Waals surface area contributed by atoms with Crippen LogP contribution >= 0.6 is 0 Å². The SMILES string of the molecule is CCc1cnc(N2CC=C(c3ccc(S(=O)(=O)CF)cc3)CC2)nc1. The van der Waals surface area contributed by atoms with Gasteiger partial charge >= 0.3 is 0 Å². The Labute approximate surface area is 147 Å². The maximum atomic E-state index is 12.5. The van der Waals surface area contributed by atoms with Gasteiger partial charge < -0.3 is 4.90 Å². The Morgan fingerprint density at radius 3 is 2.36 bits per heavy atom. The number of nitrogens with zero attached hydrogens (tertiary/aromatic N) is 3. The van der Waals surface area contributed by atoms with Crippen LogP contribution < -0.4 is 4.90 Å². The Hall–Kier alpha value is -2.28. The number of alkyl halides is 1. The van der Waals surface area contributed by atoms with Gasteiger partial charge in [0.15, 0.2) is 6.01 Å². The lowest BCUT2D eigenvalue weighted by Crippen LogP contribution is -2.29. The minimum atomic E-state index is -3.81. The number of benzene rings is 1. The normalized spacial score (nSPS) is 15.1. The Morgan fingerprint density at radius 1 is 1.16 bits per heavy atom. The highest BCUT2D eigenvalue weighted by molar-refractivity contribution is 7.91. The number of hydrogen-bond donors (Lipinski definition) is 0. The van der Waals surface area contributed by atoms with Crippen LogP contribution in [0, 0.1) is 0 Å². The summed E-state index contributed by atoms with van der Waals surface area (Å²) in [6.45, 7) is 3.56. The minimum absolute atomic E-state index is 0.0150. The molecule has 1 aromatic carbocycles. The van der Waals surface area contributed by atoms with Crippen LogP contribution in [0.2, 0.25) is 0 Å². The first-order valence-corrected chi connectivity index (χ1v) is 9.83. The van der Waals surface area contributed by atoms with E-state index in [0.717, 1.165) is 42.0 Å². The van der Waals surface area contributed by atoms with Gasteiger partial charge in [0.1, 0.15) is 0 Å². The summed E-state index contributed by atoms with van der Waals surface area (Å²) in [6.07, 6.45) is 7.53. The van der Waals surface area contributed by atoms with E-state index in [4.69, 9.17) is 0 Å². The third-order valence-corrected chi connectivity index (χ3v) is 5.60. The highest BCUT2D eigenvalue weighted by Crippen LogP contribution is 2.25. The van der Waals surface area contributed by atoms with Crippen LogP contribution in [0.4, 0.5) is 10.3 Å². The monoisotopic (exact) mass is 361 g/mol. The molecule has 1 aliphatic heterocycles. The first-order chi connectivity index (χ1) is 12.0. The molecule has 5 nitrogen and oxygen atoms in total. The minimum Gasteiger partial charge on any atom is -0.337 e. The molecule has 0 saturated carbocycles. The summed E-state index contributed by atoms with van der Waals surface area (Å²) in [4.78, 5) is 10.9. The van der Waals surface area contributed by atoms with E-state index in [9.17, 15) is 12.8 Å². The zero-order valence-electron chi connectivity index (χ0n) is 14.0. The molecule has 0 bridgehead atoms. The lowest BCUT2D eigenvalue weighted by atomic mass is 10.00. The summed E-state index contributed by atoms with van der Waals surface area (Å²) in [5.41, 5.74) is 3.21. The van der Waals surface area contributed by atoms with Crippen molar-refractivity contribution < 1.29 is 12.8 Å². The number of halogens is 1. The van der Waals surface area contributed by atoms with Crippen molar-refractivity contribution in [3.05, 3.63) is 53.9 Å². The topological polar surface area (TPSA) is 63.2 Å². The van der Waals surface area contributed by atoms with Gasteiger partial charge in [0.25, 0.3) is 0 Å². The van der Waals surface area contributed by atoms with Gasteiger partial charge in [-0.15, -0.1) is 0 Å². The van der Waals surface area contributed by atoms with Crippen molar-refractivity contribution in [1.82, 2.24) is 9.97 Å². The van der Waals surface area contributed by atoms with E-state index in [2.05, 4.69) is 27.9 Å². The average Bonchev–Trinajstić information content (AvgIpc) is 2.68. The van der Waals surface area contributed by atoms with Crippen molar-refractivity contribution in [1.29, 1.82) is 0 Å². The molecule has 0 aliphatic carbocycles. The van der Waals surface area contributed by atoms with Crippen LogP contribution in [0.5, 0.6) is 0 Å². The molecule has 1 aromatic heterocycles. The molecule has 0 N–H and O–H groups in total. The predicted octanol–water partition coefficient (Wildman–Crippen LogP) is 3.03. The lowest BCUT2D eigenvalue weighted by Gasteiger charge is -2.26. The average molecular weight is 361 g/mol. The van der Waals surface area contributed by atoms with E-state index in [1.807, 2.05) is 12.4 Å². The zero-order chi connectivity index (χ0) is 17.9. The molecule has 0 saturated heterocycles. The van der Waals surface area contributed by atoms with Crippen molar-refractivity contribution >= 4 is 21.4 Å². The van der Waals surface area contributed by atoms with E-state index >= 15 is 0 Å². The van der Waals surface area contributed by atoms with E-state index in [-0.39, 0.29) is 4.90 Å². The van der Waals surface area contributed by atoms with Gasteiger partial charge in [0, 0.05) is 25.5 Å². The molecule has 0 fully saturated rings. The van der Waals surface area contributed by atoms with Crippen LogP contribution in [0.1, 0.15) is 24.5 Å². The molecule has 0 spiro atoms. The Bertz CT molecular complexity index is 862. The first kappa shape index (κ1) is 17.5. The van der Waals surface area contributed by atoms with Gasteiger partial charge in [-0.3, -0.25) is 0 Å². The molecular formula is C18H20FN3O2S. The number of anilines is 1. The van der Waals surface area contributed by atoms with Crippen molar-refractivity contribution in [2.75, 3.05) is 24.0 Å². The largest absolute Gasteiger partial charge is 0.337 e. The van der Waals surface area contributed by atoms with Gasteiger partial charge in [-0.2, -0.15) is 0 Å². The van der Waals surface area contributed by atoms with E-state index in [1.54, 1.807) is 12.1 Å². The van der Waals surface area contributed by atoms with Crippen molar-refractivity contribution in [2.24, 2.45) is 0 Å². The van der Waals surface area contributed by atoms with E-state index in [1.165, 1.54) is 12.1 Å². The standard InChI is InChI=1S/C18H20FN3O2S/c1-2-14-11-20-18(21-12-14)22-9-7-16(8-10-22)15-3-5-17(6-4-15)25(23,24)13-19/h3-7,11-12H,2,8-10,13H2,1H3. The number of aryl methyl sites for hydroxylation is 1. The van der Waals surface area contributed by atoms with Crippen molar-refractivity contribution in [2.45, 2.75) is 24.7 Å². The molecule has 2 heterocycles. The quantitative estimate of drug-likeness (QED) is 0.819. The van der Waals surface area contributed by atoms with Crippen LogP contribution in [-0.4, -0.2) is 37.5 Å². The Kier molecular flexibility index (Phi) is 5.13. The van der Waals surface area contributed by atoms with Gasteiger partial charge in [-0.25, -0.2) is 22.8 Å². The van der Waals surface area contributed by atoms with Crippen molar-refractivity contribution in [3.8, 4) is 0 Å². The molecule has 3 rings (SSSR count). The molecule has 132 valence electrons. The molecule has 0 radical (unpaired) electrons. The summed E-state index contributed by atoms with van der Waals surface area (Å²) in [5.74, 6) is 0.719. The van der Waals surface area contributed by atoms with Gasteiger partial charge in [-0.1, -0.05) is 25.1 Å². The smallest absolute Gasteiger partial charge is 0.225 e. The highest BCUT2D eigenvalue weighted by atomic mass is 32.2. The second-order valence-electron chi connectivity index (χ2n) is 5.92. The van der Waals surface area contributed by atoms with E-state index in [0.29, 0.717) is 6.54 Å². The van der Waals surface area contributed by atoms with Gasteiger partial charge in [0.05, 0.1) is 4.90 Å². The third-order valence-electron chi connectivity index (χ3n) is 4.32. The Balaban J connectivity index is 1.72. The van der Waals surface area contributed by atoms with Crippen LogP contribution in [0.15, 0.2) is 47.6 Å². The molecule has 1 aliphatic rings. The zero-order valence-corrected chi connectivity index (χ0v) is 14.8. The fraction of sp³-hybridized carbons (Fsp3) is 0.333. The third kappa shape index (κ3) is 3.87. The maximum absolute atomic E-state index is 12.5. The maximum Gasteiger partial charge on any atom is 0.225 e.